The second-order valence-corrected chi connectivity index (χ2v) is 4.49. The van der Waals surface area contributed by atoms with Crippen molar-refractivity contribution in [3.05, 3.63) is 28.5 Å². The first kappa shape index (κ1) is 9.16. The molecule has 0 radical (unpaired) electrons. The van der Waals surface area contributed by atoms with E-state index in [1.807, 2.05) is 12.4 Å². The third kappa shape index (κ3) is 1.92. The fourth-order valence-electron chi connectivity index (χ4n) is 1.94. The van der Waals surface area contributed by atoms with Crippen LogP contribution in [0.4, 0.5) is 0 Å². The van der Waals surface area contributed by atoms with Crippen molar-refractivity contribution < 1.29 is 0 Å². The predicted molar refractivity (Wildman–Crippen MR) is 56.5 cm³/mol. The summed E-state index contributed by atoms with van der Waals surface area (Å²) in [5, 5.41) is 0. The Kier molecular flexibility index (Phi) is 2.65. The fraction of sp³-hybridized carbons (Fsp3) is 0.500. The monoisotopic (exact) mass is 240 g/mol. The van der Waals surface area contributed by atoms with E-state index in [2.05, 4.69) is 38.9 Å². The van der Waals surface area contributed by atoms with E-state index in [0.29, 0.717) is 6.04 Å². The molecule has 0 spiro atoms. The van der Waals surface area contributed by atoms with Crippen LogP contribution in [0.15, 0.2) is 22.9 Å². The van der Waals surface area contributed by atoms with Crippen molar-refractivity contribution in [1.82, 2.24) is 9.88 Å². The minimum atomic E-state index is 0.574. The highest BCUT2D eigenvalue weighted by molar-refractivity contribution is 9.10. The molecule has 1 aromatic rings. The van der Waals surface area contributed by atoms with Crippen LogP contribution in [0, 0.1) is 0 Å². The lowest BCUT2D eigenvalue weighted by Gasteiger charge is -2.19. The topological polar surface area (TPSA) is 16.1 Å². The number of halogens is 1. The molecule has 2 nitrogen and oxygen atoms in total. The quantitative estimate of drug-likeness (QED) is 0.751. The molecular formula is C10H13BrN2. The Hall–Kier alpha value is -0.410. The molecule has 0 aliphatic carbocycles. The van der Waals surface area contributed by atoms with Gasteiger partial charge in [-0.25, -0.2) is 0 Å². The van der Waals surface area contributed by atoms with Gasteiger partial charge in [-0.15, -0.1) is 0 Å². The molecule has 0 N–H and O–H groups in total. The summed E-state index contributed by atoms with van der Waals surface area (Å²) in [4.78, 5) is 6.58. The van der Waals surface area contributed by atoms with Gasteiger partial charge in [0.05, 0.1) is 0 Å². The summed E-state index contributed by atoms with van der Waals surface area (Å²) in [7, 11) is 2.18. The van der Waals surface area contributed by atoms with Crippen LogP contribution in [0.25, 0.3) is 0 Å². The van der Waals surface area contributed by atoms with Crippen molar-refractivity contribution in [2.45, 2.75) is 18.9 Å². The molecule has 1 aliphatic rings. The average Bonchev–Trinajstić information content (AvgIpc) is 2.51. The van der Waals surface area contributed by atoms with Crippen LogP contribution >= 0.6 is 15.9 Å². The van der Waals surface area contributed by atoms with Crippen LogP contribution < -0.4 is 0 Å². The fourth-order valence-corrected chi connectivity index (χ4v) is 2.32. The summed E-state index contributed by atoms with van der Waals surface area (Å²) < 4.78 is 1.07. The Morgan fingerprint density at radius 1 is 1.54 bits per heavy atom. The number of hydrogen-bond acceptors (Lipinski definition) is 2. The highest BCUT2D eigenvalue weighted by Gasteiger charge is 2.22. The highest BCUT2D eigenvalue weighted by atomic mass is 79.9. The van der Waals surface area contributed by atoms with Gasteiger partial charge in [-0.05, 0) is 54.0 Å². The number of aromatic nitrogens is 1. The van der Waals surface area contributed by atoms with Gasteiger partial charge in [-0.3, -0.25) is 9.88 Å². The minimum Gasteiger partial charge on any atom is -0.299 e. The van der Waals surface area contributed by atoms with Gasteiger partial charge < -0.3 is 0 Å². The highest BCUT2D eigenvalue weighted by Crippen LogP contribution is 2.30. The first-order valence-corrected chi connectivity index (χ1v) is 5.37. The van der Waals surface area contributed by atoms with Crippen molar-refractivity contribution in [2.75, 3.05) is 13.6 Å². The molecule has 3 heteroatoms. The van der Waals surface area contributed by atoms with E-state index >= 15 is 0 Å². The largest absolute Gasteiger partial charge is 0.299 e. The van der Waals surface area contributed by atoms with E-state index < -0.39 is 0 Å². The first-order chi connectivity index (χ1) is 6.27. The molecule has 0 amide bonds. The zero-order chi connectivity index (χ0) is 9.26. The van der Waals surface area contributed by atoms with Crippen LogP contribution in [-0.2, 0) is 0 Å². The average molecular weight is 241 g/mol. The van der Waals surface area contributed by atoms with Crippen LogP contribution in [0.2, 0.25) is 0 Å². The zero-order valence-electron chi connectivity index (χ0n) is 7.70. The predicted octanol–water partition coefficient (Wildman–Crippen LogP) is 2.61. The van der Waals surface area contributed by atoms with E-state index in [4.69, 9.17) is 0 Å². The third-order valence-electron chi connectivity index (χ3n) is 2.63. The lowest BCUT2D eigenvalue weighted by Crippen LogP contribution is -2.17. The van der Waals surface area contributed by atoms with E-state index in [-0.39, 0.29) is 0 Å². The van der Waals surface area contributed by atoms with Crippen molar-refractivity contribution in [3.63, 3.8) is 0 Å². The second kappa shape index (κ2) is 3.76. The van der Waals surface area contributed by atoms with Crippen LogP contribution in [0.5, 0.6) is 0 Å². The normalized spacial score (nSPS) is 23.7. The van der Waals surface area contributed by atoms with E-state index in [1.54, 1.807) is 0 Å². The maximum atomic E-state index is 4.19. The molecule has 0 bridgehead atoms. The smallest absolute Gasteiger partial charge is 0.0410 e. The van der Waals surface area contributed by atoms with Gasteiger partial charge in [-0.2, -0.15) is 0 Å². The van der Waals surface area contributed by atoms with Crippen LogP contribution in [0.3, 0.4) is 0 Å². The van der Waals surface area contributed by atoms with Gasteiger partial charge >= 0.3 is 0 Å². The summed E-state index contributed by atoms with van der Waals surface area (Å²) in [6.07, 6.45) is 6.36. The number of nitrogens with zero attached hydrogens (tertiary/aromatic N) is 2. The lowest BCUT2D eigenvalue weighted by molar-refractivity contribution is 0.317. The molecular weight excluding hydrogens is 228 g/mol. The number of pyridine rings is 1. The molecule has 1 fully saturated rings. The van der Waals surface area contributed by atoms with Gasteiger partial charge in [0.2, 0.25) is 0 Å². The summed E-state index contributed by atoms with van der Waals surface area (Å²) >= 11 is 3.45. The molecule has 0 saturated carbocycles. The van der Waals surface area contributed by atoms with Gasteiger partial charge in [0.15, 0.2) is 0 Å². The van der Waals surface area contributed by atoms with Crippen molar-refractivity contribution in [2.24, 2.45) is 0 Å². The summed E-state index contributed by atoms with van der Waals surface area (Å²) in [6, 6.07) is 2.74. The Morgan fingerprint density at radius 3 is 3.00 bits per heavy atom. The first-order valence-electron chi connectivity index (χ1n) is 4.58. The number of rotatable bonds is 1. The number of likely N-dealkylation sites (tertiary alicyclic amines) is 1. The molecule has 0 aromatic carbocycles. The Morgan fingerprint density at radius 2 is 2.38 bits per heavy atom. The molecule has 1 aliphatic heterocycles. The molecule has 0 unspecified atom stereocenters. The standard InChI is InChI=1S/C10H13BrN2/c1-13-4-2-3-10(13)8-5-9(11)7-12-6-8/h5-7,10H,2-4H2,1H3/t10-/m1/s1. The Labute approximate surface area is 87.1 Å². The van der Waals surface area contributed by atoms with Gasteiger partial charge in [-0.1, -0.05) is 0 Å². The van der Waals surface area contributed by atoms with E-state index in [1.165, 1.54) is 24.9 Å². The maximum Gasteiger partial charge on any atom is 0.0410 e. The Bertz CT molecular complexity index is 301. The maximum absolute atomic E-state index is 4.19. The molecule has 1 atom stereocenters. The summed E-state index contributed by atoms with van der Waals surface area (Å²) in [5.74, 6) is 0. The SMILES string of the molecule is CN1CCC[C@@H]1c1cncc(Br)c1. The van der Waals surface area contributed by atoms with Gasteiger partial charge in [0.25, 0.3) is 0 Å². The molecule has 1 saturated heterocycles. The molecule has 70 valence electrons. The molecule has 2 heterocycles. The van der Waals surface area contributed by atoms with Crippen molar-refractivity contribution in [3.8, 4) is 0 Å². The van der Waals surface area contributed by atoms with Crippen molar-refractivity contribution in [1.29, 1.82) is 0 Å². The van der Waals surface area contributed by atoms with Crippen LogP contribution in [0.1, 0.15) is 24.4 Å². The van der Waals surface area contributed by atoms with E-state index in [9.17, 15) is 0 Å². The van der Waals surface area contributed by atoms with E-state index in [0.717, 1.165) is 4.47 Å². The zero-order valence-corrected chi connectivity index (χ0v) is 9.29. The van der Waals surface area contributed by atoms with Gasteiger partial charge in [0, 0.05) is 22.9 Å². The third-order valence-corrected chi connectivity index (χ3v) is 3.06. The molecule has 1 aromatic heterocycles. The lowest BCUT2D eigenvalue weighted by atomic mass is 10.1. The summed E-state index contributed by atoms with van der Waals surface area (Å²) in [5.41, 5.74) is 1.33. The molecule has 2 rings (SSSR count). The summed E-state index contributed by atoms with van der Waals surface area (Å²) in [6.45, 7) is 1.21. The van der Waals surface area contributed by atoms with Gasteiger partial charge in [0.1, 0.15) is 0 Å². The van der Waals surface area contributed by atoms with Crippen LogP contribution in [-0.4, -0.2) is 23.5 Å². The molecule has 13 heavy (non-hydrogen) atoms. The minimum absolute atomic E-state index is 0.574. The second-order valence-electron chi connectivity index (χ2n) is 3.58. The number of hydrogen-bond donors (Lipinski definition) is 0. The van der Waals surface area contributed by atoms with Crippen molar-refractivity contribution >= 4 is 15.9 Å². The Balaban J connectivity index is 2.24.